The van der Waals surface area contributed by atoms with Gasteiger partial charge in [-0.3, -0.25) is 14.6 Å². The van der Waals surface area contributed by atoms with Gasteiger partial charge in [-0.15, -0.1) is 10.2 Å². The van der Waals surface area contributed by atoms with Crippen LogP contribution in [-0.4, -0.2) is 61.1 Å². The standard InChI is InChI=1S/C21H25BN6O5/c1-14-27-28-19(33-14)12-16(25-21(30)17-13-23-10-11-24-17)20(29)26-18(22(31)32)9-5-8-15-6-3-2-4-7-15/h2-4,6-7,10-11,13,16,18,31-32H,5,8-9,12H2,1H3,(H,25,30)(H,26,29). The highest BCUT2D eigenvalue weighted by atomic mass is 16.4. The lowest BCUT2D eigenvalue weighted by atomic mass is 9.76. The largest absolute Gasteiger partial charge is 0.475 e. The molecule has 0 aliphatic heterocycles. The van der Waals surface area contributed by atoms with Gasteiger partial charge in [0.2, 0.25) is 17.7 Å². The summed E-state index contributed by atoms with van der Waals surface area (Å²) in [6.07, 6.45) is 5.62. The van der Waals surface area contributed by atoms with Crippen molar-refractivity contribution in [1.29, 1.82) is 0 Å². The number of nitrogens with zero attached hydrogens (tertiary/aromatic N) is 4. The minimum absolute atomic E-state index is 0.0265. The molecule has 0 saturated carbocycles. The highest BCUT2D eigenvalue weighted by molar-refractivity contribution is 6.43. The van der Waals surface area contributed by atoms with Gasteiger partial charge in [0.15, 0.2) is 0 Å². The summed E-state index contributed by atoms with van der Waals surface area (Å²) in [6.45, 7) is 1.61. The van der Waals surface area contributed by atoms with Crippen LogP contribution in [0, 0.1) is 6.92 Å². The lowest BCUT2D eigenvalue weighted by molar-refractivity contribution is -0.123. The fourth-order valence-electron chi connectivity index (χ4n) is 3.20. The predicted octanol–water partition coefficient (Wildman–Crippen LogP) is 0.0288. The molecular formula is C21H25BN6O5. The lowest BCUT2D eigenvalue weighted by Gasteiger charge is -2.22. The molecule has 2 unspecified atom stereocenters. The van der Waals surface area contributed by atoms with Gasteiger partial charge in [-0.1, -0.05) is 30.3 Å². The number of carbonyl (C=O) groups excluding carboxylic acids is 2. The number of hydrogen-bond acceptors (Lipinski definition) is 9. The summed E-state index contributed by atoms with van der Waals surface area (Å²) in [5.41, 5.74) is 1.13. The molecule has 0 bridgehead atoms. The summed E-state index contributed by atoms with van der Waals surface area (Å²) in [4.78, 5) is 33.3. The average Bonchev–Trinajstić information content (AvgIpc) is 3.23. The monoisotopic (exact) mass is 452 g/mol. The summed E-state index contributed by atoms with van der Waals surface area (Å²) in [5, 5.41) is 32.4. The first-order valence-electron chi connectivity index (χ1n) is 10.5. The first-order chi connectivity index (χ1) is 15.9. The molecule has 2 heterocycles. The summed E-state index contributed by atoms with van der Waals surface area (Å²) in [5.74, 6) is -1.71. The van der Waals surface area contributed by atoms with Crippen molar-refractivity contribution in [2.45, 2.75) is 44.6 Å². The van der Waals surface area contributed by atoms with Crippen molar-refractivity contribution in [2.75, 3.05) is 0 Å². The van der Waals surface area contributed by atoms with Gasteiger partial charge < -0.3 is 25.1 Å². The zero-order chi connectivity index (χ0) is 23.6. The molecule has 1 aromatic carbocycles. The van der Waals surface area contributed by atoms with Gasteiger partial charge in [-0.2, -0.15) is 0 Å². The van der Waals surface area contributed by atoms with E-state index in [0.29, 0.717) is 25.2 Å². The number of amides is 2. The molecule has 2 atom stereocenters. The third-order valence-electron chi connectivity index (χ3n) is 4.88. The van der Waals surface area contributed by atoms with Gasteiger partial charge in [-0.05, 0) is 24.8 Å². The smallest absolute Gasteiger partial charge is 0.426 e. The van der Waals surface area contributed by atoms with Crippen LogP contribution in [0.4, 0.5) is 0 Å². The fourth-order valence-corrected chi connectivity index (χ4v) is 3.20. The van der Waals surface area contributed by atoms with Crippen LogP contribution >= 0.6 is 0 Å². The maximum absolute atomic E-state index is 13.0. The predicted molar refractivity (Wildman–Crippen MR) is 118 cm³/mol. The number of hydrogen-bond donors (Lipinski definition) is 4. The van der Waals surface area contributed by atoms with Crippen LogP contribution in [-0.2, 0) is 17.6 Å². The molecule has 0 aliphatic rings. The Labute approximate surface area is 190 Å². The van der Waals surface area contributed by atoms with E-state index in [1.807, 2.05) is 30.3 Å². The minimum atomic E-state index is -1.77. The second kappa shape index (κ2) is 11.8. The number of carbonyl (C=O) groups is 2. The first-order valence-corrected chi connectivity index (χ1v) is 10.5. The number of rotatable bonds is 11. The van der Waals surface area contributed by atoms with E-state index in [-0.39, 0.29) is 18.0 Å². The van der Waals surface area contributed by atoms with Gasteiger partial charge in [0.05, 0.1) is 18.6 Å². The van der Waals surface area contributed by atoms with E-state index in [2.05, 4.69) is 30.8 Å². The van der Waals surface area contributed by atoms with Crippen molar-refractivity contribution >= 4 is 18.9 Å². The van der Waals surface area contributed by atoms with E-state index < -0.39 is 30.9 Å². The third kappa shape index (κ3) is 7.47. The van der Waals surface area contributed by atoms with Crippen molar-refractivity contribution in [3.8, 4) is 0 Å². The summed E-state index contributed by atoms with van der Waals surface area (Å²) < 4.78 is 5.34. The second-order valence-corrected chi connectivity index (χ2v) is 7.44. The third-order valence-corrected chi connectivity index (χ3v) is 4.88. The van der Waals surface area contributed by atoms with Gasteiger partial charge in [0, 0.05) is 19.3 Å². The Morgan fingerprint density at radius 3 is 2.55 bits per heavy atom. The van der Waals surface area contributed by atoms with Crippen molar-refractivity contribution in [1.82, 2.24) is 30.8 Å². The van der Waals surface area contributed by atoms with Crippen LogP contribution < -0.4 is 10.6 Å². The number of aryl methyl sites for hydroxylation is 2. The van der Waals surface area contributed by atoms with Crippen LogP contribution in [0.2, 0.25) is 0 Å². The van der Waals surface area contributed by atoms with E-state index in [1.54, 1.807) is 6.92 Å². The number of benzene rings is 1. The van der Waals surface area contributed by atoms with E-state index in [9.17, 15) is 19.6 Å². The minimum Gasteiger partial charge on any atom is -0.426 e. The van der Waals surface area contributed by atoms with Crippen LogP contribution in [0.3, 0.4) is 0 Å². The van der Waals surface area contributed by atoms with Crippen molar-refractivity contribution < 1.29 is 24.1 Å². The highest BCUT2D eigenvalue weighted by Crippen LogP contribution is 2.09. The Bertz CT molecular complexity index is 1030. The zero-order valence-corrected chi connectivity index (χ0v) is 18.1. The molecule has 0 radical (unpaired) electrons. The molecule has 4 N–H and O–H groups in total. The van der Waals surface area contributed by atoms with Crippen molar-refractivity contribution in [3.05, 3.63) is 72.0 Å². The lowest BCUT2D eigenvalue weighted by Crippen LogP contribution is -2.54. The molecule has 3 aromatic rings. The maximum atomic E-state index is 13.0. The van der Waals surface area contributed by atoms with Gasteiger partial charge in [-0.25, -0.2) is 4.98 Å². The molecule has 0 spiro atoms. The molecule has 172 valence electrons. The zero-order valence-electron chi connectivity index (χ0n) is 18.1. The van der Waals surface area contributed by atoms with Gasteiger partial charge >= 0.3 is 7.12 Å². The maximum Gasteiger partial charge on any atom is 0.475 e. The molecule has 0 fully saturated rings. The molecular weight excluding hydrogens is 427 g/mol. The normalized spacial score (nSPS) is 12.6. The topological polar surface area (TPSA) is 163 Å². The molecule has 0 aliphatic carbocycles. The van der Waals surface area contributed by atoms with Crippen LogP contribution in [0.25, 0.3) is 0 Å². The average molecular weight is 452 g/mol. The van der Waals surface area contributed by atoms with Gasteiger partial charge in [0.25, 0.3) is 5.91 Å². The molecule has 2 aromatic heterocycles. The van der Waals surface area contributed by atoms with Crippen molar-refractivity contribution in [2.24, 2.45) is 0 Å². The Kier molecular flexibility index (Phi) is 8.61. The summed E-state index contributed by atoms with van der Waals surface area (Å²) in [6, 6.07) is 8.62. The Morgan fingerprint density at radius 1 is 1.12 bits per heavy atom. The molecule has 33 heavy (non-hydrogen) atoms. The first kappa shape index (κ1) is 24.0. The Balaban J connectivity index is 1.66. The Hall–Kier alpha value is -3.64. The number of nitrogens with one attached hydrogen (secondary N) is 2. The van der Waals surface area contributed by atoms with Crippen molar-refractivity contribution in [3.63, 3.8) is 0 Å². The second-order valence-electron chi connectivity index (χ2n) is 7.44. The van der Waals surface area contributed by atoms with Crippen LogP contribution in [0.1, 0.15) is 40.7 Å². The van der Waals surface area contributed by atoms with E-state index in [1.165, 1.54) is 18.6 Å². The quantitative estimate of drug-likeness (QED) is 0.294. The van der Waals surface area contributed by atoms with Crippen LogP contribution in [0.15, 0.2) is 53.3 Å². The van der Waals surface area contributed by atoms with Crippen LogP contribution in [0.5, 0.6) is 0 Å². The van der Waals surface area contributed by atoms with E-state index in [4.69, 9.17) is 4.42 Å². The molecule has 3 rings (SSSR count). The van der Waals surface area contributed by atoms with Gasteiger partial charge in [0.1, 0.15) is 11.7 Å². The Morgan fingerprint density at radius 2 is 1.91 bits per heavy atom. The highest BCUT2D eigenvalue weighted by Gasteiger charge is 2.30. The summed E-state index contributed by atoms with van der Waals surface area (Å²) >= 11 is 0. The summed E-state index contributed by atoms with van der Waals surface area (Å²) in [7, 11) is -1.77. The fraction of sp³-hybridized carbons (Fsp3) is 0.333. The molecule has 12 heteroatoms. The number of aromatic nitrogens is 4. The molecule has 2 amide bonds. The molecule has 0 saturated heterocycles. The SMILES string of the molecule is Cc1nnc(CC(NC(=O)c2cnccn2)C(=O)NC(CCCc2ccccc2)B(O)O)o1. The van der Waals surface area contributed by atoms with E-state index in [0.717, 1.165) is 5.56 Å². The molecule has 11 nitrogen and oxygen atoms in total. The van der Waals surface area contributed by atoms with E-state index >= 15 is 0 Å².